The van der Waals surface area contributed by atoms with E-state index in [9.17, 15) is 40.5 Å². The summed E-state index contributed by atoms with van der Waals surface area (Å²) in [7, 11) is -3.37. The maximum absolute atomic E-state index is 13.8. The van der Waals surface area contributed by atoms with Gasteiger partial charge in [-0.15, -0.1) is 13.2 Å². The van der Waals surface area contributed by atoms with Crippen molar-refractivity contribution in [3.05, 3.63) is 23.9 Å². The molecule has 172 valence electrons. The quantitative estimate of drug-likeness (QED) is 0.622. The number of ether oxygens (including phenoxy) is 1. The van der Waals surface area contributed by atoms with Gasteiger partial charge in [-0.05, 0) is 36.2 Å². The molecule has 1 aliphatic rings. The van der Waals surface area contributed by atoms with Gasteiger partial charge in [-0.3, -0.25) is 4.79 Å². The van der Waals surface area contributed by atoms with E-state index in [1.165, 1.54) is 0 Å². The summed E-state index contributed by atoms with van der Waals surface area (Å²) in [6.45, 7) is 0. The summed E-state index contributed by atoms with van der Waals surface area (Å²) in [6.07, 6.45) is -11.4. The number of aromatic nitrogens is 1. The van der Waals surface area contributed by atoms with Crippen molar-refractivity contribution in [2.75, 3.05) is 11.5 Å². The van der Waals surface area contributed by atoms with Crippen LogP contribution in [0.1, 0.15) is 18.5 Å². The molecule has 0 radical (unpaired) electrons. The van der Waals surface area contributed by atoms with Crippen LogP contribution in [0.25, 0.3) is 10.1 Å². The average molecular weight is 491 g/mol. The molecule has 0 aliphatic carbocycles. The van der Waals surface area contributed by atoms with Gasteiger partial charge in [-0.25, -0.2) is 4.21 Å². The first-order valence-electron chi connectivity index (χ1n) is 8.60. The maximum Gasteiger partial charge on any atom is 0.573 e. The van der Waals surface area contributed by atoms with E-state index in [4.69, 9.17) is 5.73 Å². The second-order valence-electron chi connectivity index (χ2n) is 6.85. The number of benzene rings is 1. The summed E-state index contributed by atoms with van der Waals surface area (Å²) in [6, 6.07) is 1.57. The molecule has 2 unspecified atom stereocenters. The number of alkyl halides is 6. The molecule has 1 aliphatic heterocycles. The number of amides is 1. The van der Waals surface area contributed by atoms with Crippen LogP contribution in [0.3, 0.4) is 0 Å². The highest BCUT2D eigenvalue weighted by molar-refractivity contribution is 7.93. The molecule has 15 heteroatoms. The number of halogens is 6. The van der Waals surface area contributed by atoms with Crippen molar-refractivity contribution in [1.29, 1.82) is 0 Å². The monoisotopic (exact) mass is 491 g/mol. The minimum atomic E-state index is -5.26. The molecule has 3 N–H and O–H groups in total. The van der Waals surface area contributed by atoms with Crippen molar-refractivity contribution in [2.24, 2.45) is 10.1 Å². The number of rotatable bonds is 5. The third kappa shape index (κ3) is 4.94. The van der Waals surface area contributed by atoms with E-state index in [0.29, 0.717) is 11.5 Å². The summed E-state index contributed by atoms with van der Waals surface area (Å²) in [5, 5.41) is 10.3. The summed E-state index contributed by atoms with van der Waals surface area (Å²) < 4.78 is 102. The lowest BCUT2D eigenvalue weighted by Gasteiger charge is -2.30. The first-order valence-corrected chi connectivity index (χ1v) is 11.2. The molecule has 0 fully saturated rings. The van der Waals surface area contributed by atoms with Crippen LogP contribution in [0.4, 0.5) is 26.3 Å². The van der Waals surface area contributed by atoms with Gasteiger partial charge in [0.25, 0.3) is 5.91 Å². The summed E-state index contributed by atoms with van der Waals surface area (Å²) in [5.74, 6) is -2.51. The number of nitrogens with zero attached hydrogens (tertiary/aromatic N) is 2. The smallest absolute Gasteiger partial charge is 0.406 e. The van der Waals surface area contributed by atoms with Gasteiger partial charge in [-0.2, -0.15) is 21.9 Å². The SMILES string of the molecule is N[C@H]1CCS(=O)(CCC(O)(c2nsc3cc(OC(F)(F)F)ccc23)C(F)(F)F)=NC1=O. The lowest BCUT2D eigenvalue weighted by Crippen LogP contribution is -2.45. The third-order valence-electron chi connectivity index (χ3n) is 4.64. The Kier molecular flexibility index (Phi) is 6.01. The van der Waals surface area contributed by atoms with E-state index < -0.39 is 63.4 Å². The van der Waals surface area contributed by atoms with E-state index in [0.717, 1.165) is 18.2 Å². The topological polar surface area (TPSA) is 115 Å². The van der Waals surface area contributed by atoms with Gasteiger partial charge in [-0.1, -0.05) is 0 Å². The van der Waals surface area contributed by atoms with Crippen molar-refractivity contribution < 1.29 is 45.2 Å². The lowest BCUT2D eigenvalue weighted by atomic mass is 9.93. The molecule has 0 saturated heterocycles. The van der Waals surface area contributed by atoms with Crippen LogP contribution in [-0.4, -0.2) is 49.7 Å². The van der Waals surface area contributed by atoms with Crippen molar-refractivity contribution in [3.8, 4) is 5.75 Å². The van der Waals surface area contributed by atoms with E-state index >= 15 is 0 Å². The van der Waals surface area contributed by atoms with Gasteiger partial charge in [0.15, 0.2) is 0 Å². The Morgan fingerprint density at radius 3 is 2.52 bits per heavy atom. The van der Waals surface area contributed by atoms with Gasteiger partial charge >= 0.3 is 12.5 Å². The van der Waals surface area contributed by atoms with Crippen LogP contribution in [0.2, 0.25) is 0 Å². The number of hydrogen-bond acceptors (Lipinski definition) is 7. The van der Waals surface area contributed by atoms with E-state index in [1.54, 1.807) is 0 Å². The molecular weight excluding hydrogens is 476 g/mol. The molecule has 3 atom stereocenters. The molecule has 2 heterocycles. The normalized spacial score (nSPS) is 24.6. The highest BCUT2D eigenvalue weighted by Crippen LogP contribution is 2.45. The predicted octanol–water partition coefficient (Wildman–Crippen LogP) is 3.06. The van der Waals surface area contributed by atoms with E-state index in [1.807, 2.05) is 0 Å². The largest absolute Gasteiger partial charge is 0.573 e. The second-order valence-corrected chi connectivity index (χ2v) is 10.2. The van der Waals surface area contributed by atoms with Gasteiger partial charge in [0.1, 0.15) is 11.4 Å². The Labute approximate surface area is 175 Å². The Morgan fingerprint density at radius 1 is 1.26 bits per heavy atom. The molecule has 7 nitrogen and oxygen atoms in total. The molecule has 3 rings (SSSR count). The Balaban J connectivity index is 1.97. The predicted molar refractivity (Wildman–Crippen MR) is 98.8 cm³/mol. The van der Waals surface area contributed by atoms with Crippen molar-refractivity contribution >= 4 is 37.3 Å². The summed E-state index contributed by atoms with van der Waals surface area (Å²) in [4.78, 5) is 11.6. The number of hydrogen-bond donors (Lipinski definition) is 2. The van der Waals surface area contributed by atoms with Crippen molar-refractivity contribution in [2.45, 2.75) is 37.0 Å². The zero-order valence-electron chi connectivity index (χ0n) is 15.4. The lowest BCUT2D eigenvalue weighted by molar-refractivity contribution is -0.274. The molecule has 1 aromatic heterocycles. The Morgan fingerprint density at radius 2 is 1.94 bits per heavy atom. The van der Waals surface area contributed by atoms with Crippen molar-refractivity contribution in [1.82, 2.24) is 4.37 Å². The zero-order valence-corrected chi connectivity index (χ0v) is 17.0. The fourth-order valence-corrected chi connectivity index (χ4v) is 5.93. The van der Waals surface area contributed by atoms with Crippen molar-refractivity contribution in [3.63, 3.8) is 0 Å². The highest BCUT2D eigenvalue weighted by Gasteiger charge is 2.57. The molecular formula is C16H15F6N3O4S2. The fraction of sp³-hybridized carbons (Fsp3) is 0.500. The van der Waals surface area contributed by atoms with Gasteiger partial charge in [0.05, 0.1) is 20.5 Å². The highest BCUT2D eigenvalue weighted by atomic mass is 32.2. The maximum atomic E-state index is 13.8. The first-order chi connectivity index (χ1) is 14.1. The average Bonchev–Trinajstić information content (AvgIpc) is 3.04. The first kappa shape index (κ1) is 23.7. The molecule has 2 aromatic rings. The van der Waals surface area contributed by atoms with Crippen LogP contribution in [-0.2, 0) is 20.1 Å². The van der Waals surface area contributed by atoms with Crippen LogP contribution >= 0.6 is 11.5 Å². The number of carbonyl (C=O) groups is 1. The molecule has 1 aromatic carbocycles. The number of nitrogens with two attached hydrogens (primary N) is 1. The van der Waals surface area contributed by atoms with Gasteiger partial charge in [0, 0.05) is 23.3 Å². The van der Waals surface area contributed by atoms with E-state index in [-0.39, 0.29) is 22.3 Å². The fourth-order valence-electron chi connectivity index (χ4n) is 2.97. The number of aliphatic hydroxyl groups is 1. The third-order valence-corrected chi connectivity index (χ3v) is 7.68. The standard InChI is InChI=1S/C16H15F6N3O4S2/c17-15(18,19)14(27,4-6-31(28)5-3-10(23)13(26)25-31)12-9-2-1-8(29-16(20,21)22)7-11(9)30-24-12/h1-2,7,10,27H,3-6,23H2/t10-,14?,31?/m0/s1. The minimum absolute atomic E-state index is 0.0206. The van der Waals surface area contributed by atoms with Crippen LogP contribution in [0.5, 0.6) is 5.75 Å². The molecule has 31 heavy (non-hydrogen) atoms. The number of carbonyl (C=O) groups excluding carboxylic acids is 1. The van der Waals surface area contributed by atoms with E-state index in [2.05, 4.69) is 13.5 Å². The molecule has 0 saturated carbocycles. The minimum Gasteiger partial charge on any atom is -0.406 e. The van der Waals surface area contributed by atoms with Crippen LogP contribution in [0.15, 0.2) is 22.6 Å². The van der Waals surface area contributed by atoms with Crippen LogP contribution < -0.4 is 10.5 Å². The zero-order chi connectivity index (χ0) is 23.2. The second kappa shape index (κ2) is 7.86. The molecule has 0 bridgehead atoms. The summed E-state index contributed by atoms with van der Waals surface area (Å²) in [5.41, 5.74) is 1.04. The Hall–Kier alpha value is -1.97. The molecule has 0 spiro atoms. The summed E-state index contributed by atoms with van der Waals surface area (Å²) >= 11 is 0.436. The van der Waals surface area contributed by atoms with Crippen LogP contribution in [0, 0.1) is 0 Å². The molecule has 1 amide bonds. The van der Waals surface area contributed by atoms with Gasteiger partial charge in [0.2, 0.25) is 5.60 Å². The number of fused-ring (bicyclic) bond motifs is 1. The van der Waals surface area contributed by atoms with Gasteiger partial charge < -0.3 is 15.6 Å². The Bertz CT molecular complexity index is 1120.